The number of hydrogen-bond donors (Lipinski definition) is 2. The van der Waals surface area contributed by atoms with Crippen LogP contribution in [0.5, 0.6) is 5.88 Å². The molecule has 3 rings (SSSR count). The molecular formula is C21H26IN5O2. The molecular weight excluding hydrogens is 481 g/mol. The van der Waals surface area contributed by atoms with Crippen LogP contribution in [-0.2, 0) is 13.1 Å². The van der Waals surface area contributed by atoms with E-state index in [1.807, 2.05) is 42.5 Å². The molecule has 0 saturated carbocycles. The predicted octanol–water partition coefficient (Wildman–Crippen LogP) is 4.01. The first-order chi connectivity index (χ1) is 13.8. The van der Waals surface area contributed by atoms with Gasteiger partial charge in [0.05, 0.1) is 18.8 Å². The molecule has 0 aliphatic carbocycles. The van der Waals surface area contributed by atoms with E-state index < -0.39 is 0 Å². The minimum absolute atomic E-state index is 0. The zero-order valence-corrected chi connectivity index (χ0v) is 18.9. The Morgan fingerprint density at radius 3 is 2.66 bits per heavy atom. The number of rotatable bonds is 8. The molecule has 29 heavy (non-hydrogen) atoms. The summed E-state index contributed by atoms with van der Waals surface area (Å²) in [5.74, 6) is 1.92. The van der Waals surface area contributed by atoms with Crippen LogP contribution in [0.15, 0.2) is 64.3 Å². The Hall–Kier alpha value is -2.62. The minimum Gasteiger partial charge on any atom is -0.477 e. The Kier molecular flexibility index (Phi) is 9.42. The quantitative estimate of drug-likeness (QED) is 0.273. The first-order valence-corrected chi connectivity index (χ1v) is 9.31. The van der Waals surface area contributed by atoms with Crippen LogP contribution < -0.4 is 15.4 Å². The van der Waals surface area contributed by atoms with Crippen LogP contribution in [0.2, 0.25) is 0 Å². The van der Waals surface area contributed by atoms with Crippen LogP contribution in [0.1, 0.15) is 24.6 Å². The number of ether oxygens (including phenoxy) is 1. The summed E-state index contributed by atoms with van der Waals surface area (Å²) < 4.78 is 11.3. The molecule has 0 saturated heterocycles. The van der Waals surface area contributed by atoms with E-state index in [9.17, 15) is 0 Å². The topological polar surface area (TPSA) is 84.6 Å². The van der Waals surface area contributed by atoms with Crippen molar-refractivity contribution in [3.8, 4) is 17.3 Å². The lowest BCUT2D eigenvalue weighted by Crippen LogP contribution is -2.36. The van der Waals surface area contributed by atoms with Crippen LogP contribution in [0, 0.1) is 0 Å². The molecule has 0 radical (unpaired) electrons. The third-order valence-corrected chi connectivity index (χ3v) is 3.97. The molecule has 2 aromatic heterocycles. The predicted molar refractivity (Wildman–Crippen MR) is 124 cm³/mol. The third kappa shape index (κ3) is 6.74. The largest absolute Gasteiger partial charge is 0.477 e. The Morgan fingerprint density at radius 1 is 1.10 bits per heavy atom. The van der Waals surface area contributed by atoms with Crippen LogP contribution in [0.25, 0.3) is 11.5 Å². The monoisotopic (exact) mass is 507 g/mol. The fraction of sp³-hybridized carbons (Fsp3) is 0.286. The maximum absolute atomic E-state index is 5.69. The SMILES string of the molecule is CCCOc1ncccc1CNC(=NC)NCc1coc(-c2ccccc2)n1.I. The lowest BCUT2D eigenvalue weighted by molar-refractivity contribution is 0.301. The van der Waals surface area contributed by atoms with Gasteiger partial charge in [-0.05, 0) is 24.6 Å². The van der Waals surface area contributed by atoms with Gasteiger partial charge in [-0.15, -0.1) is 24.0 Å². The highest BCUT2D eigenvalue weighted by molar-refractivity contribution is 14.0. The normalized spacial score (nSPS) is 10.9. The zero-order valence-electron chi connectivity index (χ0n) is 16.6. The number of guanidine groups is 1. The molecule has 0 fully saturated rings. The fourth-order valence-corrected chi connectivity index (χ4v) is 2.56. The average Bonchev–Trinajstić information content (AvgIpc) is 3.23. The summed E-state index contributed by atoms with van der Waals surface area (Å²) in [4.78, 5) is 13.1. The molecule has 0 spiro atoms. The fourth-order valence-electron chi connectivity index (χ4n) is 2.56. The van der Waals surface area contributed by atoms with Gasteiger partial charge in [-0.25, -0.2) is 9.97 Å². The lowest BCUT2D eigenvalue weighted by atomic mass is 10.2. The zero-order chi connectivity index (χ0) is 19.6. The van der Waals surface area contributed by atoms with Crippen molar-refractivity contribution in [1.82, 2.24) is 20.6 Å². The average molecular weight is 507 g/mol. The van der Waals surface area contributed by atoms with Gasteiger partial charge in [0.1, 0.15) is 6.26 Å². The number of benzene rings is 1. The number of aliphatic imine (C=N–C) groups is 1. The molecule has 1 aromatic carbocycles. The van der Waals surface area contributed by atoms with E-state index in [0.717, 1.165) is 23.2 Å². The van der Waals surface area contributed by atoms with Gasteiger partial charge < -0.3 is 19.8 Å². The summed E-state index contributed by atoms with van der Waals surface area (Å²) in [6.07, 6.45) is 4.33. The summed E-state index contributed by atoms with van der Waals surface area (Å²) >= 11 is 0. The van der Waals surface area contributed by atoms with Crippen LogP contribution in [0.4, 0.5) is 0 Å². The Balaban J connectivity index is 0.00000300. The Labute approximate surface area is 188 Å². The summed E-state index contributed by atoms with van der Waals surface area (Å²) in [6, 6.07) is 13.7. The van der Waals surface area contributed by atoms with Gasteiger partial charge in [0.2, 0.25) is 11.8 Å². The Bertz CT molecular complexity index is 899. The van der Waals surface area contributed by atoms with Gasteiger partial charge in [-0.1, -0.05) is 31.2 Å². The third-order valence-electron chi connectivity index (χ3n) is 3.97. The second-order valence-corrected chi connectivity index (χ2v) is 6.11. The van der Waals surface area contributed by atoms with Gasteiger partial charge in [-0.2, -0.15) is 0 Å². The summed E-state index contributed by atoms with van der Waals surface area (Å²) in [6.45, 7) is 3.77. The molecule has 0 amide bonds. The molecule has 0 aliphatic rings. The number of nitrogens with one attached hydrogen (secondary N) is 2. The maximum atomic E-state index is 5.69. The maximum Gasteiger partial charge on any atom is 0.226 e. The van der Waals surface area contributed by atoms with E-state index in [4.69, 9.17) is 9.15 Å². The van der Waals surface area contributed by atoms with Crippen molar-refractivity contribution in [2.75, 3.05) is 13.7 Å². The molecule has 0 atom stereocenters. The van der Waals surface area contributed by atoms with Crippen LogP contribution in [-0.4, -0.2) is 29.6 Å². The van der Waals surface area contributed by atoms with Crippen molar-refractivity contribution in [1.29, 1.82) is 0 Å². The highest BCUT2D eigenvalue weighted by Crippen LogP contribution is 2.18. The van der Waals surface area contributed by atoms with Crippen molar-refractivity contribution < 1.29 is 9.15 Å². The van der Waals surface area contributed by atoms with Crippen molar-refractivity contribution in [2.24, 2.45) is 4.99 Å². The summed E-state index contributed by atoms with van der Waals surface area (Å²) in [5, 5.41) is 6.51. The first kappa shape index (κ1) is 22.7. The molecule has 0 aliphatic heterocycles. The smallest absolute Gasteiger partial charge is 0.226 e. The van der Waals surface area contributed by atoms with Crippen molar-refractivity contribution in [3.05, 3.63) is 66.2 Å². The van der Waals surface area contributed by atoms with Gasteiger partial charge in [-0.3, -0.25) is 4.99 Å². The van der Waals surface area contributed by atoms with E-state index in [0.29, 0.717) is 37.4 Å². The molecule has 8 heteroatoms. The summed E-state index contributed by atoms with van der Waals surface area (Å²) in [7, 11) is 1.73. The highest BCUT2D eigenvalue weighted by Gasteiger charge is 2.08. The number of hydrogen-bond acceptors (Lipinski definition) is 5. The first-order valence-electron chi connectivity index (χ1n) is 9.31. The number of halogens is 1. The van der Waals surface area contributed by atoms with Crippen LogP contribution >= 0.6 is 24.0 Å². The molecule has 0 bridgehead atoms. The molecule has 3 aromatic rings. The second kappa shape index (κ2) is 12.1. The minimum atomic E-state index is 0. The standard InChI is InChI=1S/C21H25N5O2.HI/c1-3-12-27-19-17(10-7-11-23-19)13-24-21(22-2)25-14-18-15-28-20(26-18)16-8-5-4-6-9-16;/h4-11,15H,3,12-14H2,1-2H3,(H2,22,24,25);1H. The van der Waals surface area contributed by atoms with Gasteiger partial charge in [0.15, 0.2) is 5.96 Å². The molecule has 2 heterocycles. The second-order valence-electron chi connectivity index (χ2n) is 6.11. The van der Waals surface area contributed by atoms with Gasteiger partial charge in [0, 0.05) is 30.9 Å². The number of nitrogens with zero attached hydrogens (tertiary/aromatic N) is 3. The molecule has 2 N–H and O–H groups in total. The summed E-state index contributed by atoms with van der Waals surface area (Å²) in [5.41, 5.74) is 2.73. The molecule has 7 nitrogen and oxygen atoms in total. The van der Waals surface area contributed by atoms with E-state index in [-0.39, 0.29) is 24.0 Å². The molecule has 0 unspecified atom stereocenters. The van der Waals surface area contributed by atoms with E-state index in [1.165, 1.54) is 0 Å². The van der Waals surface area contributed by atoms with E-state index in [2.05, 4.69) is 32.5 Å². The van der Waals surface area contributed by atoms with Crippen LogP contribution in [0.3, 0.4) is 0 Å². The van der Waals surface area contributed by atoms with Crippen molar-refractivity contribution in [2.45, 2.75) is 26.4 Å². The van der Waals surface area contributed by atoms with E-state index >= 15 is 0 Å². The van der Waals surface area contributed by atoms with Crippen molar-refractivity contribution >= 4 is 29.9 Å². The Morgan fingerprint density at radius 2 is 1.90 bits per heavy atom. The van der Waals surface area contributed by atoms with E-state index in [1.54, 1.807) is 19.5 Å². The van der Waals surface area contributed by atoms with Gasteiger partial charge in [0.25, 0.3) is 0 Å². The highest BCUT2D eigenvalue weighted by atomic mass is 127. The number of pyridine rings is 1. The number of aromatic nitrogens is 2. The van der Waals surface area contributed by atoms with Crippen molar-refractivity contribution in [3.63, 3.8) is 0 Å². The van der Waals surface area contributed by atoms with Gasteiger partial charge >= 0.3 is 0 Å². The molecule has 154 valence electrons. The lowest BCUT2D eigenvalue weighted by Gasteiger charge is -2.13. The number of oxazole rings is 1.